The van der Waals surface area contributed by atoms with Crippen LogP contribution < -0.4 is 4.90 Å². The van der Waals surface area contributed by atoms with Gasteiger partial charge in [0, 0.05) is 71.8 Å². The minimum absolute atomic E-state index is 0.279. The molecule has 4 nitrogen and oxygen atoms in total. The summed E-state index contributed by atoms with van der Waals surface area (Å²) in [7, 11) is 0. The van der Waals surface area contributed by atoms with Crippen molar-refractivity contribution in [1.29, 1.82) is 0 Å². The molecule has 0 amide bonds. The first-order chi connectivity index (χ1) is 47.1. The smallest absolute Gasteiger partial charge is 0.144 e. The summed E-state index contributed by atoms with van der Waals surface area (Å²) in [4.78, 5) is 2.49. The molecule has 0 fully saturated rings. The molecule has 0 atom stereocenters. The summed E-state index contributed by atoms with van der Waals surface area (Å²) in [5, 5.41) is 6.79. The third-order valence-corrected chi connectivity index (χ3v) is 22.7. The topological polar surface area (TPSA) is 42.7 Å². The van der Waals surface area contributed by atoms with Crippen LogP contribution in [0.15, 0.2) is 311 Å². The molecule has 4 heteroatoms. The van der Waals surface area contributed by atoms with E-state index >= 15 is 0 Å². The van der Waals surface area contributed by atoms with E-state index in [1.807, 2.05) is 0 Å². The molecule has 452 valence electrons. The van der Waals surface area contributed by atoms with Crippen LogP contribution in [0, 0.1) is 0 Å². The van der Waals surface area contributed by atoms with E-state index in [9.17, 15) is 0 Å². The molecule has 4 aliphatic rings. The van der Waals surface area contributed by atoms with Crippen molar-refractivity contribution in [2.24, 2.45) is 0 Å². The predicted octanol–water partition coefficient (Wildman–Crippen LogP) is 24.2. The van der Waals surface area contributed by atoms with Crippen LogP contribution in [0.25, 0.3) is 110 Å². The van der Waals surface area contributed by atoms with E-state index in [2.05, 4.69) is 330 Å². The number of hydrogen-bond acceptors (Lipinski definition) is 4. The molecule has 0 N–H and O–H groups in total. The van der Waals surface area contributed by atoms with Crippen LogP contribution in [-0.2, 0) is 21.7 Å². The van der Waals surface area contributed by atoms with Gasteiger partial charge >= 0.3 is 0 Å². The summed E-state index contributed by atoms with van der Waals surface area (Å²) >= 11 is 0. The zero-order valence-corrected chi connectivity index (χ0v) is 53.5. The first-order valence-corrected chi connectivity index (χ1v) is 33.6. The van der Waals surface area contributed by atoms with E-state index < -0.39 is 16.2 Å². The fourth-order valence-electron chi connectivity index (χ4n) is 18.9. The second-order valence-corrected chi connectivity index (χ2v) is 28.0. The largest absolute Gasteiger partial charge is 0.456 e. The minimum Gasteiger partial charge on any atom is -0.456 e. The highest BCUT2D eigenvalue weighted by Gasteiger charge is 2.53. The summed E-state index contributed by atoms with van der Waals surface area (Å²) in [5.41, 5.74) is 31.1. The Kier molecular flexibility index (Phi) is 10.6. The number of rotatable bonds is 7. The minimum atomic E-state index is -0.797. The third-order valence-electron chi connectivity index (χ3n) is 22.7. The summed E-state index contributed by atoms with van der Waals surface area (Å²) in [6.45, 7) is 9.75. The van der Waals surface area contributed by atoms with Crippen molar-refractivity contribution in [3.8, 4) is 44.5 Å². The fourth-order valence-corrected chi connectivity index (χ4v) is 18.9. The number of para-hydroxylation sites is 3. The van der Waals surface area contributed by atoms with Crippen LogP contribution in [0.1, 0.15) is 94.5 Å². The van der Waals surface area contributed by atoms with Crippen molar-refractivity contribution in [2.75, 3.05) is 4.90 Å². The lowest BCUT2D eigenvalue weighted by Gasteiger charge is -2.36. The van der Waals surface area contributed by atoms with Crippen molar-refractivity contribution in [3.05, 3.63) is 364 Å². The van der Waals surface area contributed by atoms with E-state index in [1.54, 1.807) is 0 Å². The molecule has 0 saturated carbocycles. The second-order valence-electron chi connectivity index (χ2n) is 28.0. The zero-order chi connectivity index (χ0) is 63.6. The summed E-state index contributed by atoms with van der Waals surface area (Å²) in [5.74, 6) is 0. The van der Waals surface area contributed by atoms with E-state index in [1.165, 1.54) is 117 Å². The van der Waals surface area contributed by atoms with Gasteiger partial charge in [-0.15, -0.1) is 0 Å². The van der Waals surface area contributed by atoms with Crippen LogP contribution >= 0.6 is 0 Å². The molecule has 14 aromatic carbocycles. The molecule has 0 unspecified atom stereocenters. The molecule has 3 aromatic heterocycles. The standard InChI is InChI=1S/C92H61NO3/c1-89(2)70-37-21-17-34-64(70)83-84-67-36-20-24-40-78(67)96-88(84)85-65-46-43-58(49-72(65)90(3,4)87(85)86(83)89)93(60-42-45-63-62-33-18-22-38-76(62)95-80(63)51-60)59-41-44-61-68-52-75-69(53-74(68)92(73(61)50-59,56-29-13-7-14-30-56)57-31-15-8-16-32-57)81-71(47-48-79-82(81)66-35-19-23-39-77(66)94-79)91(75,54-25-9-5-10-26-54)55-27-11-6-12-28-55/h5-53H,1-4H3. The van der Waals surface area contributed by atoms with Gasteiger partial charge in [0.15, 0.2) is 0 Å². The highest BCUT2D eigenvalue weighted by atomic mass is 16.3. The highest BCUT2D eigenvalue weighted by Crippen LogP contribution is 2.67. The molecule has 0 saturated heterocycles. The Labute approximate surface area is 555 Å². The van der Waals surface area contributed by atoms with Gasteiger partial charge in [-0.3, -0.25) is 0 Å². The lowest BCUT2D eigenvalue weighted by Crippen LogP contribution is -2.30. The van der Waals surface area contributed by atoms with Crippen molar-refractivity contribution >= 4 is 82.9 Å². The number of hydrogen-bond donors (Lipinski definition) is 0. The number of nitrogens with zero attached hydrogens (tertiary/aromatic N) is 1. The first kappa shape index (κ1) is 53.8. The zero-order valence-electron chi connectivity index (χ0n) is 53.5. The van der Waals surface area contributed by atoms with E-state index in [0.29, 0.717) is 0 Å². The van der Waals surface area contributed by atoms with Crippen LogP contribution in [0.3, 0.4) is 0 Å². The van der Waals surface area contributed by atoms with Gasteiger partial charge in [-0.05, 0) is 179 Å². The summed E-state index contributed by atoms with van der Waals surface area (Å²) in [6.07, 6.45) is 0. The Morgan fingerprint density at radius 3 is 1.34 bits per heavy atom. The maximum absolute atomic E-state index is 7.20. The molecule has 0 radical (unpaired) electrons. The Hall–Kier alpha value is -11.7. The molecule has 0 spiro atoms. The van der Waals surface area contributed by atoms with E-state index in [4.69, 9.17) is 13.3 Å². The van der Waals surface area contributed by atoms with Gasteiger partial charge in [0.25, 0.3) is 0 Å². The predicted molar refractivity (Wildman–Crippen MR) is 393 cm³/mol. The quantitative estimate of drug-likeness (QED) is 0.159. The monoisotopic (exact) mass is 1230 g/mol. The van der Waals surface area contributed by atoms with Crippen molar-refractivity contribution in [2.45, 2.75) is 49.4 Å². The molecule has 3 heterocycles. The average molecular weight is 1230 g/mol. The van der Waals surface area contributed by atoms with E-state index in [-0.39, 0.29) is 5.41 Å². The Balaban J connectivity index is 0.846. The maximum Gasteiger partial charge on any atom is 0.144 e. The summed E-state index contributed by atoms with van der Waals surface area (Å²) in [6, 6.07) is 111. The molecular formula is C92H61NO3. The SMILES string of the molecule is CC1(C)c2cc(N(c3ccc4c(c3)C(c3ccccc3)(c3ccccc3)c3cc5c(cc3-4)C(c3ccccc3)(c3ccccc3)c3ccc4oc6ccccc6c4c3-5)c3ccc4c(c3)oc3ccccc34)ccc2-c2c1c1c(c3c2oc2ccccc23)-c2ccccc2C1(C)C. The van der Waals surface area contributed by atoms with Gasteiger partial charge in [-0.2, -0.15) is 0 Å². The van der Waals surface area contributed by atoms with Crippen LogP contribution in [-0.4, -0.2) is 0 Å². The number of anilines is 3. The lowest BCUT2D eigenvalue weighted by atomic mass is 9.66. The van der Waals surface area contributed by atoms with Gasteiger partial charge in [0.05, 0.1) is 10.8 Å². The lowest BCUT2D eigenvalue weighted by molar-refractivity contribution is 0.600. The number of furan rings is 3. The Morgan fingerprint density at radius 2 is 0.688 bits per heavy atom. The van der Waals surface area contributed by atoms with Gasteiger partial charge in [0.1, 0.15) is 33.5 Å². The number of benzene rings is 14. The molecule has 0 aliphatic heterocycles. The first-order valence-electron chi connectivity index (χ1n) is 33.6. The van der Waals surface area contributed by atoms with E-state index in [0.717, 1.165) is 77.5 Å². The molecule has 4 aliphatic carbocycles. The molecule has 17 aromatic rings. The summed E-state index contributed by atoms with van der Waals surface area (Å²) < 4.78 is 20.9. The number of fused-ring (bicyclic) bond motifs is 25. The average Bonchev–Trinajstić information content (AvgIpc) is 1.51. The van der Waals surface area contributed by atoms with Crippen molar-refractivity contribution in [1.82, 2.24) is 0 Å². The van der Waals surface area contributed by atoms with Crippen LogP contribution in [0.2, 0.25) is 0 Å². The fraction of sp³-hybridized carbons (Fsp3) is 0.0870. The molecular weight excluding hydrogens is 1170 g/mol. The molecule has 21 rings (SSSR count). The van der Waals surface area contributed by atoms with Gasteiger partial charge in [0.2, 0.25) is 0 Å². The Bertz CT molecular complexity index is 6120. The van der Waals surface area contributed by atoms with Gasteiger partial charge < -0.3 is 18.2 Å². The third kappa shape index (κ3) is 6.73. The maximum atomic E-state index is 7.20. The molecule has 96 heavy (non-hydrogen) atoms. The Morgan fingerprint density at radius 1 is 0.250 bits per heavy atom. The van der Waals surface area contributed by atoms with Gasteiger partial charge in [-0.1, -0.05) is 246 Å². The van der Waals surface area contributed by atoms with Gasteiger partial charge in [-0.25, -0.2) is 0 Å². The van der Waals surface area contributed by atoms with Crippen molar-refractivity contribution < 1.29 is 13.3 Å². The highest BCUT2D eigenvalue weighted by molar-refractivity contribution is 6.21. The normalized spacial score (nSPS) is 15.2. The second kappa shape index (κ2) is 19.0. The van der Waals surface area contributed by atoms with Crippen molar-refractivity contribution in [3.63, 3.8) is 0 Å². The van der Waals surface area contributed by atoms with Crippen LogP contribution in [0.5, 0.6) is 0 Å². The van der Waals surface area contributed by atoms with Crippen LogP contribution in [0.4, 0.5) is 17.1 Å². The molecule has 0 bridgehead atoms.